The summed E-state index contributed by atoms with van der Waals surface area (Å²) in [6, 6.07) is 7.57. The SMILES string of the molecule is OC(CCl)Cn1nc2ccccc2n1. The average Bonchev–Trinajstić information content (AvgIpc) is 2.59. The van der Waals surface area contributed by atoms with E-state index in [1.54, 1.807) is 0 Å². The molecule has 1 atom stereocenters. The van der Waals surface area contributed by atoms with Crippen LogP contribution in [0.4, 0.5) is 0 Å². The van der Waals surface area contributed by atoms with E-state index in [2.05, 4.69) is 10.2 Å². The van der Waals surface area contributed by atoms with Gasteiger partial charge in [0.1, 0.15) is 11.0 Å². The van der Waals surface area contributed by atoms with E-state index < -0.39 is 6.10 Å². The van der Waals surface area contributed by atoms with Crippen molar-refractivity contribution in [1.82, 2.24) is 15.0 Å². The summed E-state index contributed by atoms with van der Waals surface area (Å²) in [6.07, 6.45) is -0.599. The largest absolute Gasteiger partial charge is 0.390 e. The van der Waals surface area contributed by atoms with Gasteiger partial charge in [-0.1, -0.05) is 12.1 Å². The lowest BCUT2D eigenvalue weighted by Gasteiger charge is -2.03. The zero-order chi connectivity index (χ0) is 9.97. The van der Waals surface area contributed by atoms with Crippen molar-refractivity contribution < 1.29 is 5.11 Å². The van der Waals surface area contributed by atoms with Gasteiger partial charge in [0.2, 0.25) is 0 Å². The van der Waals surface area contributed by atoms with E-state index in [4.69, 9.17) is 11.6 Å². The standard InChI is InChI=1S/C9H10ClN3O/c10-5-7(14)6-13-11-8-3-1-2-4-9(8)12-13/h1-4,7,14H,5-6H2. The summed E-state index contributed by atoms with van der Waals surface area (Å²) < 4.78 is 0. The molecule has 74 valence electrons. The molecule has 0 saturated carbocycles. The first-order valence-electron chi connectivity index (χ1n) is 4.33. The molecule has 0 aliphatic heterocycles. The summed E-state index contributed by atoms with van der Waals surface area (Å²) in [6.45, 7) is 0.332. The van der Waals surface area contributed by atoms with Crippen molar-refractivity contribution in [2.75, 3.05) is 5.88 Å². The lowest BCUT2D eigenvalue weighted by molar-refractivity contribution is 0.165. The number of hydrogen-bond acceptors (Lipinski definition) is 3. The van der Waals surface area contributed by atoms with E-state index in [9.17, 15) is 5.11 Å². The number of aromatic nitrogens is 3. The molecule has 0 aliphatic carbocycles. The van der Waals surface area contributed by atoms with Gasteiger partial charge in [0.15, 0.2) is 0 Å². The smallest absolute Gasteiger partial charge is 0.113 e. The Bertz CT molecular complexity index is 396. The van der Waals surface area contributed by atoms with Crippen LogP contribution in [0.5, 0.6) is 0 Å². The first-order valence-corrected chi connectivity index (χ1v) is 4.87. The predicted octanol–water partition coefficient (Wildman–Crippen LogP) is 1.03. The summed E-state index contributed by atoms with van der Waals surface area (Å²) in [7, 11) is 0. The number of benzene rings is 1. The van der Waals surface area contributed by atoms with Gasteiger partial charge < -0.3 is 5.11 Å². The second-order valence-electron chi connectivity index (χ2n) is 3.05. The molecule has 1 aromatic heterocycles. The third-order valence-corrected chi connectivity index (χ3v) is 2.24. The van der Waals surface area contributed by atoms with Crippen LogP contribution < -0.4 is 0 Å². The topological polar surface area (TPSA) is 50.9 Å². The third-order valence-electron chi connectivity index (χ3n) is 1.88. The Kier molecular flexibility index (Phi) is 2.65. The van der Waals surface area contributed by atoms with Crippen LogP contribution in [0.3, 0.4) is 0 Å². The van der Waals surface area contributed by atoms with Crippen LogP contribution in [-0.4, -0.2) is 32.1 Å². The minimum absolute atomic E-state index is 0.192. The van der Waals surface area contributed by atoms with Crippen LogP contribution in [0.25, 0.3) is 11.0 Å². The van der Waals surface area contributed by atoms with Gasteiger partial charge in [-0.3, -0.25) is 0 Å². The molecule has 0 amide bonds. The molecular formula is C9H10ClN3O. The zero-order valence-corrected chi connectivity index (χ0v) is 8.22. The highest BCUT2D eigenvalue weighted by Gasteiger charge is 2.06. The fraction of sp³-hybridized carbons (Fsp3) is 0.333. The van der Waals surface area contributed by atoms with Crippen LogP contribution in [-0.2, 0) is 6.54 Å². The number of alkyl halides is 1. The van der Waals surface area contributed by atoms with Gasteiger partial charge in [0.25, 0.3) is 0 Å². The van der Waals surface area contributed by atoms with E-state index in [0.29, 0.717) is 6.54 Å². The Morgan fingerprint density at radius 2 is 1.86 bits per heavy atom. The summed E-state index contributed by atoms with van der Waals surface area (Å²) in [4.78, 5) is 1.47. The maximum Gasteiger partial charge on any atom is 0.113 e. The highest BCUT2D eigenvalue weighted by molar-refractivity contribution is 6.18. The minimum Gasteiger partial charge on any atom is -0.390 e. The molecule has 1 aromatic carbocycles. The number of halogens is 1. The molecule has 14 heavy (non-hydrogen) atoms. The zero-order valence-electron chi connectivity index (χ0n) is 7.47. The van der Waals surface area contributed by atoms with Crippen molar-refractivity contribution in [3.8, 4) is 0 Å². The van der Waals surface area contributed by atoms with Crippen LogP contribution >= 0.6 is 11.6 Å². The molecule has 1 heterocycles. The summed E-state index contributed by atoms with van der Waals surface area (Å²) in [5.41, 5.74) is 1.66. The fourth-order valence-electron chi connectivity index (χ4n) is 1.22. The van der Waals surface area contributed by atoms with Gasteiger partial charge in [-0.2, -0.15) is 15.0 Å². The molecule has 5 heteroatoms. The van der Waals surface area contributed by atoms with E-state index in [-0.39, 0.29) is 5.88 Å². The first kappa shape index (κ1) is 9.43. The van der Waals surface area contributed by atoms with Gasteiger partial charge in [-0.05, 0) is 12.1 Å². The van der Waals surface area contributed by atoms with Gasteiger partial charge in [0.05, 0.1) is 18.5 Å². The van der Waals surface area contributed by atoms with Crippen molar-refractivity contribution in [2.24, 2.45) is 0 Å². The van der Waals surface area contributed by atoms with E-state index in [1.165, 1.54) is 4.80 Å². The Hall–Kier alpha value is -1.13. The van der Waals surface area contributed by atoms with Gasteiger partial charge in [-0.15, -0.1) is 11.6 Å². The second-order valence-corrected chi connectivity index (χ2v) is 3.36. The van der Waals surface area contributed by atoms with Gasteiger partial charge in [0, 0.05) is 0 Å². The Balaban J connectivity index is 2.27. The molecule has 4 nitrogen and oxygen atoms in total. The number of aliphatic hydroxyl groups is 1. The third kappa shape index (κ3) is 1.86. The monoisotopic (exact) mass is 211 g/mol. The van der Waals surface area contributed by atoms with Crippen LogP contribution in [0.1, 0.15) is 0 Å². The molecule has 0 saturated heterocycles. The molecule has 1 unspecified atom stereocenters. The fourth-order valence-corrected chi connectivity index (χ4v) is 1.32. The van der Waals surface area contributed by atoms with Crippen LogP contribution in [0, 0.1) is 0 Å². The number of fused-ring (bicyclic) bond motifs is 1. The number of rotatable bonds is 3. The maximum absolute atomic E-state index is 9.30. The molecule has 0 fully saturated rings. The molecule has 0 aliphatic rings. The lowest BCUT2D eigenvalue weighted by atomic mass is 10.3. The van der Waals surface area contributed by atoms with Gasteiger partial charge >= 0.3 is 0 Å². The van der Waals surface area contributed by atoms with E-state index >= 15 is 0 Å². The molecule has 1 N–H and O–H groups in total. The lowest BCUT2D eigenvalue weighted by Crippen LogP contribution is -2.19. The normalized spacial score (nSPS) is 13.3. The molecule has 0 spiro atoms. The molecular weight excluding hydrogens is 202 g/mol. The quantitative estimate of drug-likeness (QED) is 0.772. The molecule has 0 bridgehead atoms. The van der Waals surface area contributed by atoms with Crippen molar-refractivity contribution in [1.29, 1.82) is 0 Å². The molecule has 2 rings (SSSR count). The Labute approximate surface area is 86.1 Å². The second kappa shape index (κ2) is 3.94. The summed E-state index contributed by atoms with van der Waals surface area (Å²) >= 11 is 5.48. The number of aliphatic hydroxyl groups excluding tert-OH is 1. The van der Waals surface area contributed by atoms with Crippen LogP contribution in [0.15, 0.2) is 24.3 Å². The summed E-state index contributed by atoms with van der Waals surface area (Å²) in [5.74, 6) is 0.192. The Morgan fingerprint density at radius 1 is 1.29 bits per heavy atom. The molecule has 2 aromatic rings. The van der Waals surface area contributed by atoms with Crippen LogP contribution in [0.2, 0.25) is 0 Å². The highest BCUT2D eigenvalue weighted by atomic mass is 35.5. The number of nitrogens with zero attached hydrogens (tertiary/aromatic N) is 3. The maximum atomic E-state index is 9.30. The van der Waals surface area contributed by atoms with Crippen molar-refractivity contribution in [2.45, 2.75) is 12.6 Å². The minimum atomic E-state index is -0.599. The first-order chi connectivity index (χ1) is 6.79. The molecule has 0 radical (unpaired) electrons. The van der Waals surface area contributed by atoms with Crippen molar-refractivity contribution in [3.05, 3.63) is 24.3 Å². The predicted molar refractivity (Wildman–Crippen MR) is 54.3 cm³/mol. The van der Waals surface area contributed by atoms with E-state index in [0.717, 1.165) is 11.0 Å². The number of hydrogen-bond donors (Lipinski definition) is 1. The van der Waals surface area contributed by atoms with Gasteiger partial charge in [-0.25, -0.2) is 0 Å². The van der Waals surface area contributed by atoms with Crippen molar-refractivity contribution in [3.63, 3.8) is 0 Å². The Morgan fingerprint density at radius 3 is 2.36 bits per heavy atom. The van der Waals surface area contributed by atoms with Crippen molar-refractivity contribution >= 4 is 22.6 Å². The summed E-state index contributed by atoms with van der Waals surface area (Å²) in [5, 5.41) is 17.7. The highest BCUT2D eigenvalue weighted by Crippen LogP contribution is 2.07. The average molecular weight is 212 g/mol. The van der Waals surface area contributed by atoms with E-state index in [1.807, 2.05) is 24.3 Å².